The van der Waals surface area contributed by atoms with E-state index in [1.807, 2.05) is 36.9 Å². The molecule has 0 bridgehead atoms. The highest BCUT2D eigenvalue weighted by Crippen LogP contribution is 2.32. The molecular weight excluding hydrogens is 338 g/mol. The molecule has 2 aliphatic heterocycles. The molecule has 0 spiro atoms. The first-order chi connectivity index (χ1) is 13.2. The lowest BCUT2D eigenvalue weighted by molar-refractivity contribution is 0.133. The van der Waals surface area contributed by atoms with E-state index in [4.69, 9.17) is 9.97 Å². The van der Waals surface area contributed by atoms with Gasteiger partial charge in [0.2, 0.25) is 0 Å². The van der Waals surface area contributed by atoms with Crippen LogP contribution in [0.15, 0.2) is 24.4 Å². The Morgan fingerprint density at radius 1 is 1.07 bits per heavy atom. The summed E-state index contributed by atoms with van der Waals surface area (Å²) in [5.74, 6) is 1.68. The highest BCUT2D eigenvalue weighted by Gasteiger charge is 2.31. The van der Waals surface area contributed by atoms with Crippen LogP contribution in [-0.4, -0.2) is 61.9 Å². The predicted molar refractivity (Wildman–Crippen MR) is 106 cm³/mol. The zero-order valence-corrected chi connectivity index (χ0v) is 16.0. The molecule has 2 fully saturated rings. The summed E-state index contributed by atoms with van der Waals surface area (Å²) in [5.41, 5.74) is 2.67. The van der Waals surface area contributed by atoms with Crippen LogP contribution < -0.4 is 4.90 Å². The van der Waals surface area contributed by atoms with Gasteiger partial charge < -0.3 is 4.90 Å². The van der Waals surface area contributed by atoms with Crippen LogP contribution in [0, 0.1) is 6.92 Å². The molecule has 0 aromatic carbocycles. The molecule has 1 atom stereocenters. The van der Waals surface area contributed by atoms with Gasteiger partial charge in [0, 0.05) is 38.9 Å². The molecule has 27 heavy (non-hydrogen) atoms. The first-order valence-electron chi connectivity index (χ1n) is 9.82. The molecule has 0 saturated carbocycles. The molecule has 3 aromatic heterocycles. The van der Waals surface area contributed by atoms with Crippen molar-refractivity contribution >= 4 is 16.9 Å². The van der Waals surface area contributed by atoms with Crippen molar-refractivity contribution in [1.29, 1.82) is 0 Å². The molecule has 2 saturated heterocycles. The Balaban J connectivity index is 1.62. The zero-order valence-electron chi connectivity index (χ0n) is 16.0. The van der Waals surface area contributed by atoms with Crippen LogP contribution >= 0.6 is 0 Å². The lowest BCUT2D eigenvalue weighted by Gasteiger charge is -2.44. The van der Waals surface area contributed by atoms with E-state index in [0.717, 1.165) is 47.9 Å². The number of nitrogens with zero attached hydrogens (tertiary/aromatic N) is 7. The molecule has 0 N–H and O–H groups in total. The molecule has 5 rings (SSSR count). The molecular formula is C20H25N7. The molecule has 7 heteroatoms. The van der Waals surface area contributed by atoms with Gasteiger partial charge in [0.1, 0.15) is 11.5 Å². The molecule has 0 aliphatic carbocycles. The summed E-state index contributed by atoms with van der Waals surface area (Å²) in [7, 11) is 1.95. The lowest BCUT2D eigenvalue weighted by atomic mass is 9.99. The molecule has 3 aromatic rings. The second kappa shape index (κ2) is 6.56. The second-order valence-corrected chi connectivity index (χ2v) is 7.63. The molecule has 2 aliphatic rings. The number of piperidine rings is 1. The van der Waals surface area contributed by atoms with E-state index < -0.39 is 0 Å². The first kappa shape index (κ1) is 16.6. The number of anilines is 1. The molecule has 140 valence electrons. The maximum atomic E-state index is 4.99. The summed E-state index contributed by atoms with van der Waals surface area (Å²) in [6.07, 6.45) is 5.74. The van der Waals surface area contributed by atoms with Crippen LogP contribution in [-0.2, 0) is 7.05 Å². The summed E-state index contributed by atoms with van der Waals surface area (Å²) in [4.78, 5) is 19.3. The van der Waals surface area contributed by atoms with Gasteiger partial charge in [-0.25, -0.2) is 9.97 Å². The fraction of sp³-hybridized carbons (Fsp3) is 0.500. The van der Waals surface area contributed by atoms with Crippen molar-refractivity contribution in [2.45, 2.75) is 32.2 Å². The fourth-order valence-corrected chi connectivity index (χ4v) is 4.50. The maximum Gasteiger partial charge on any atom is 0.182 e. The predicted octanol–water partition coefficient (Wildman–Crippen LogP) is 2.41. The van der Waals surface area contributed by atoms with Gasteiger partial charge in [-0.3, -0.25) is 14.6 Å². The van der Waals surface area contributed by atoms with E-state index in [0.29, 0.717) is 11.9 Å². The SMILES string of the molecule is Cc1nn(C)c2nc(-c3ccccn3)nc(N3CCN4CCCCC4C3)c12. The third-order valence-electron chi connectivity index (χ3n) is 5.87. The van der Waals surface area contributed by atoms with Crippen molar-refractivity contribution in [3.63, 3.8) is 0 Å². The van der Waals surface area contributed by atoms with E-state index in [9.17, 15) is 0 Å². The van der Waals surface area contributed by atoms with Crippen LogP contribution in [0.3, 0.4) is 0 Å². The average molecular weight is 363 g/mol. The van der Waals surface area contributed by atoms with Crippen LogP contribution in [0.5, 0.6) is 0 Å². The van der Waals surface area contributed by atoms with E-state index in [2.05, 4.69) is 19.9 Å². The van der Waals surface area contributed by atoms with E-state index in [1.165, 1.54) is 25.8 Å². The normalized spacial score (nSPS) is 20.8. The van der Waals surface area contributed by atoms with Crippen LogP contribution in [0.2, 0.25) is 0 Å². The Morgan fingerprint density at radius 3 is 2.85 bits per heavy atom. The molecule has 7 nitrogen and oxygen atoms in total. The molecule has 5 heterocycles. The second-order valence-electron chi connectivity index (χ2n) is 7.63. The van der Waals surface area contributed by atoms with Gasteiger partial charge in [-0.05, 0) is 38.4 Å². The highest BCUT2D eigenvalue weighted by molar-refractivity contribution is 5.91. The van der Waals surface area contributed by atoms with Crippen molar-refractivity contribution in [2.75, 3.05) is 31.1 Å². The summed E-state index contributed by atoms with van der Waals surface area (Å²) >= 11 is 0. The van der Waals surface area contributed by atoms with Gasteiger partial charge in [0.05, 0.1) is 11.1 Å². The van der Waals surface area contributed by atoms with E-state index in [-0.39, 0.29) is 0 Å². The van der Waals surface area contributed by atoms with Crippen LogP contribution in [0.1, 0.15) is 25.0 Å². The van der Waals surface area contributed by atoms with Crippen LogP contribution in [0.25, 0.3) is 22.6 Å². The Labute approximate surface area is 159 Å². The van der Waals surface area contributed by atoms with Crippen LogP contribution in [0.4, 0.5) is 5.82 Å². The van der Waals surface area contributed by atoms with Gasteiger partial charge in [-0.15, -0.1) is 0 Å². The highest BCUT2D eigenvalue weighted by atomic mass is 15.3. The van der Waals surface area contributed by atoms with Gasteiger partial charge in [0.25, 0.3) is 0 Å². The number of piperazine rings is 1. The quantitative estimate of drug-likeness (QED) is 0.697. The van der Waals surface area contributed by atoms with Gasteiger partial charge in [-0.1, -0.05) is 12.5 Å². The summed E-state index contributed by atoms with van der Waals surface area (Å²) in [6, 6.07) is 6.49. The van der Waals surface area contributed by atoms with Gasteiger partial charge >= 0.3 is 0 Å². The Hall–Kier alpha value is -2.54. The summed E-state index contributed by atoms with van der Waals surface area (Å²) < 4.78 is 1.86. The zero-order chi connectivity index (χ0) is 18.4. The Bertz CT molecular complexity index is 965. The van der Waals surface area contributed by atoms with Crippen molar-refractivity contribution in [3.05, 3.63) is 30.1 Å². The minimum Gasteiger partial charge on any atom is -0.353 e. The third-order valence-corrected chi connectivity index (χ3v) is 5.87. The summed E-state index contributed by atoms with van der Waals surface area (Å²) in [5, 5.41) is 5.69. The number of hydrogen-bond acceptors (Lipinski definition) is 6. The topological polar surface area (TPSA) is 63.0 Å². The third kappa shape index (κ3) is 2.86. The minimum absolute atomic E-state index is 0.632. The monoisotopic (exact) mass is 363 g/mol. The number of rotatable bonds is 2. The van der Waals surface area contributed by atoms with Crippen molar-refractivity contribution in [3.8, 4) is 11.5 Å². The first-order valence-corrected chi connectivity index (χ1v) is 9.82. The molecule has 0 amide bonds. The smallest absolute Gasteiger partial charge is 0.182 e. The van der Waals surface area contributed by atoms with Crippen molar-refractivity contribution < 1.29 is 0 Å². The number of fused-ring (bicyclic) bond motifs is 2. The van der Waals surface area contributed by atoms with E-state index >= 15 is 0 Å². The maximum absolute atomic E-state index is 4.99. The minimum atomic E-state index is 0.632. The largest absolute Gasteiger partial charge is 0.353 e. The van der Waals surface area contributed by atoms with Gasteiger partial charge in [0.15, 0.2) is 11.5 Å². The van der Waals surface area contributed by atoms with E-state index in [1.54, 1.807) is 6.20 Å². The number of aromatic nitrogens is 5. The molecule has 0 radical (unpaired) electrons. The number of pyridine rings is 1. The lowest BCUT2D eigenvalue weighted by Crippen LogP contribution is -2.55. The standard InChI is InChI=1S/C20H25N7/c1-14-17-19(25(2)24-14)22-18(16-8-3-5-9-21-16)23-20(17)27-12-11-26-10-6-4-7-15(26)13-27/h3,5,8-9,15H,4,6-7,10-13H2,1-2H3. The number of aryl methyl sites for hydroxylation is 2. The Morgan fingerprint density at radius 2 is 2.00 bits per heavy atom. The summed E-state index contributed by atoms with van der Waals surface area (Å²) in [6.45, 7) is 6.42. The molecule has 1 unspecified atom stereocenters. The van der Waals surface area contributed by atoms with Crippen molar-refractivity contribution in [2.24, 2.45) is 7.05 Å². The van der Waals surface area contributed by atoms with Crippen molar-refractivity contribution in [1.82, 2.24) is 29.6 Å². The average Bonchev–Trinajstić information content (AvgIpc) is 3.01. The fourth-order valence-electron chi connectivity index (χ4n) is 4.50. The van der Waals surface area contributed by atoms with Gasteiger partial charge in [-0.2, -0.15) is 5.10 Å². The Kier molecular flexibility index (Phi) is 4.04. The number of hydrogen-bond donors (Lipinski definition) is 0.